The number of carbonyl (C=O) groups excluding carboxylic acids is 1. The third-order valence-electron chi connectivity index (χ3n) is 3.41. The van der Waals surface area contributed by atoms with Crippen molar-refractivity contribution in [1.82, 2.24) is 14.9 Å². The fourth-order valence-corrected chi connectivity index (χ4v) is 2.60. The third kappa shape index (κ3) is 2.77. The topological polar surface area (TPSA) is 49.8 Å². The van der Waals surface area contributed by atoms with Gasteiger partial charge in [0.2, 0.25) is 5.91 Å². The van der Waals surface area contributed by atoms with Gasteiger partial charge in [-0.3, -0.25) is 4.79 Å². The predicted octanol–water partition coefficient (Wildman–Crippen LogP) is 3.34. The zero-order valence-electron chi connectivity index (χ0n) is 12.4. The van der Waals surface area contributed by atoms with Gasteiger partial charge in [0.05, 0.1) is 11.0 Å². The highest BCUT2D eigenvalue weighted by atomic mass is 32.1. The van der Waals surface area contributed by atoms with Gasteiger partial charge in [-0.15, -0.1) is 0 Å². The summed E-state index contributed by atoms with van der Waals surface area (Å²) < 4.78 is 2.47. The average Bonchev–Trinajstić information content (AvgIpc) is 2.73. The molecule has 0 aliphatic heterocycles. The van der Waals surface area contributed by atoms with Gasteiger partial charge in [0.15, 0.2) is 4.77 Å². The lowest BCUT2D eigenvalue weighted by Gasteiger charge is -2.16. The van der Waals surface area contributed by atoms with Crippen molar-refractivity contribution in [2.45, 2.75) is 33.7 Å². The summed E-state index contributed by atoms with van der Waals surface area (Å²) in [5, 5.41) is 2.96. The molecule has 1 aromatic carbocycles. The summed E-state index contributed by atoms with van der Waals surface area (Å²) in [6.07, 6.45) is 0. The van der Waals surface area contributed by atoms with Crippen molar-refractivity contribution in [3.8, 4) is 0 Å². The number of aromatic amines is 1. The van der Waals surface area contributed by atoms with Crippen LogP contribution in [0.1, 0.15) is 32.4 Å². The number of fused-ring (bicyclic) bond motifs is 1. The minimum atomic E-state index is -0.322. The van der Waals surface area contributed by atoms with Crippen LogP contribution in [0.15, 0.2) is 18.2 Å². The van der Waals surface area contributed by atoms with Crippen molar-refractivity contribution in [3.63, 3.8) is 0 Å². The maximum Gasteiger partial charge on any atom is 0.242 e. The largest absolute Gasteiger partial charge is 0.354 e. The SMILES string of the molecule is Cc1cccc2c1[nH]c(=S)n2C(C)C(=O)NCC(C)C. The average molecular weight is 291 g/mol. The monoisotopic (exact) mass is 291 g/mol. The smallest absolute Gasteiger partial charge is 0.242 e. The summed E-state index contributed by atoms with van der Waals surface area (Å²) in [7, 11) is 0. The van der Waals surface area contributed by atoms with Crippen molar-refractivity contribution < 1.29 is 4.79 Å². The van der Waals surface area contributed by atoms with Gasteiger partial charge < -0.3 is 14.9 Å². The Hall–Kier alpha value is -1.62. The van der Waals surface area contributed by atoms with Crippen molar-refractivity contribution in [3.05, 3.63) is 28.5 Å². The van der Waals surface area contributed by atoms with Crippen LogP contribution < -0.4 is 5.32 Å². The fourth-order valence-electron chi connectivity index (χ4n) is 2.25. The number of para-hydroxylation sites is 1. The molecule has 108 valence electrons. The molecule has 1 heterocycles. The summed E-state index contributed by atoms with van der Waals surface area (Å²) in [6.45, 7) is 8.73. The van der Waals surface area contributed by atoms with Crippen LogP contribution in [0.25, 0.3) is 11.0 Å². The Morgan fingerprint density at radius 1 is 1.40 bits per heavy atom. The highest BCUT2D eigenvalue weighted by molar-refractivity contribution is 7.71. The van der Waals surface area contributed by atoms with Crippen LogP contribution in [0.3, 0.4) is 0 Å². The van der Waals surface area contributed by atoms with E-state index in [9.17, 15) is 4.79 Å². The van der Waals surface area contributed by atoms with E-state index in [2.05, 4.69) is 24.1 Å². The molecule has 2 rings (SSSR count). The Labute approximate surface area is 124 Å². The van der Waals surface area contributed by atoms with Crippen molar-refractivity contribution in [1.29, 1.82) is 0 Å². The number of benzene rings is 1. The molecule has 2 N–H and O–H groups in total. The number of hydrogen-bond acceptors (Lipinski definition) is 2. The number of hydrogen-bond donors (Lipinski definition) is 2. The second kappa shape index (κ2) is 5.79. The predicted molar refractivity (Wildman–Crippen MR) is 84.4 cm³/mol. The van der Waals surface area contributed by atoms with E-state index < -0.39 is 0 Å². The van der Waals surface area contributed by atoms with Crippen LogP contribution in [-0.2, 0) is 4.79 Å². The number of nitrogens with one attached hydrogen (secondary N) is 2. The molecular weight excluding hydrogens is 270 g/mol. The van der Waals surface area contributed by atoms with Crippen LogP contribution in [0, 0.1) is 17.6 Å². The quantitative estimate of drug-likeness (QED) is 0.849. The minimum Gasteiger partial charge on any atom is -0.354 e. The molecule has 0 radical (unpaired) electrons. The van der Waals surface area contributed by atoms with E-state index in [1.807, 2.05) is 36.6 Å². The van der Waals surface area contributed by atoms with E-state index >= 15 is 0 Å². The highest BCUT2D eigenvalue weighted by Gasteiger charge is 2.18. The molecule has 20 heavy (non-hydrogen) atoms. The summed E-state index contributed by atoms with van der Waals surface area (Å²) >= 11 is 5.37. The maximum absolute atomic E-state index is 12.2. The molecule has 1 atom stereocenters. The molecule has 1 aromatic heterocycles. The molecule has 0 bridgehead atoms. The molecule has 5 heteroatoms. The Kier molecular flexibility index (Phi) is 4.28. The lowest BCUT2D eigenvalue weighted by atomic mass is 10.2. The van der Waals surface area contributed by atoms with Crippen molar-refractivity contribution >= 4 is 29.2 Å². The number of nitrogens with zero attached hydrogens (tertiary/aromatic N) is 1. The summed E-state index contributed by atoms with van der Waals surface area (Å²) in [5.41, 5.74) is 3.10. The fraction of sp³-hybridized carbons (Fsp3) is 0.467. The number of H-pyrrole nitrogens is 1. The first-order chi connectivity index (χ1) is 9.41. The van der Waals surface area contributed by atoms with Crippen LogP contribution in [0.2, 0.25) is 0 Å². The van der Waals surface area contributed by atoms with Crippen LogP contribution in [0.5, 0.6) is 0 Å². The Balaban J connectivity index is 2.37. The number of rotatable bonds is 4. The number of carbonyl (C=O) groups is 1. The second-order valence-corrected chi connectivity index (χ2v) is 5.97. The highest BCUT2D eigenvalue weighted by Crippen LogP contribution is 2.21. The summed E-state index contributed by atoms with van der Waals surface area (Å²) in [6, 6.07) is 5.68. The third-order valence-corrected chi connectivity index (χ3v) is 3.71. The Morgan fingerprint density at radius 2 is 2.10 bits per heavy atom. The van der Waals surface area contributed by atoms with Gasteiger partial charge in [0, 0.05) is 6.54 Å². The van der Waals surface area contributed by atoms with E-state index in [1.54, 1.807) is 0 Å². The molecule has 2 aromatic rings. The summed E-state index contributed by atoms with van der Waals surface area (Å²) in [4.78, 5) is 15.4. The molecule has 1 amide bonds. The van der Waals surface area contributed by atoms with E-state index in [0.717, 1.165) is 16.6 Å². The normalized spacial score (nSPS) is 12.8. The van der Waals surface area contributed by atoms with E-state index in [0.29, 0.717) is 17.2 Å². The van der Waals surface area contributed by atoms with Gasteiger partial charge in [-0.05, 0) is 43.6 Å². The van der Waals surface area contributed by atoms with Gasteiger partial charge in [-0.1, -0.05) is 26.0 Å². The van der Waals surface area contributed by atoms with Gasteiger partial charge in [0.25, 0.3) is 0 Å². The van der Waals surface area contributed by atoms with E-state index in [1.165, 1.54) is 0 Å². The Morgan fingerprint density at radius 3 is 2.75 bits per heavy atom. The van der Waals surface area contributed by atoms with Gasteiger partial charge >= 0.3 is 0 Å². The molecular formula is C15H21N3OS. The van der Waals surface area contributed by atoms with Gasteiger partial charge in [0.1, 0.15) is 6.04 Å². The lowest BCUT2D eigenvalue weighted by Crippen LogP contribution is -2.33. The molecule has 4 nitrogen and oxygen atoms in total. The zero-order chi connectivity index (χ0) is 14.9. The Bertz CT molecular complexity index is 684. The molecule has 0 saturated heterocycles. The van der Waals surface area contributed by atoms with Crippen molar-refractivity contribution in [2.24, 2.45) is 5.92 Å². The first-order valence-electron chi connectivity index (χ1n) is 6.89. The van der Waals surface area contributed by atoms with Crippen LogP contribution >= 0.6 is 12.2 Å². The molecule has 0 aliphatic rings. The molecule has 1 unspecified atom stereocenters. The van der Waals surface area contributed by atoms with E-state index in [-0.39, 0.29) is 11.9 Å². The number of aryl methyl sites for hydroxylation is 1. The van der Waals surface area contributed by atoms with Crippen molar-refractivity contribution in [2.75, 3.05) is 6.54 Å². The first-order valence-corrected chi connectivity index (χ1v) is 7.30. The summed E-state index contributed by atoms with van der Waals surface area (Å²) in [5.74, 6) is 0.432. The lowest BCUT2D eigenvalue weighted by molar-refractivity contribution is -0.123. The van der Waals surface area contributed by atoms with E-state index in [4.69, 9.17) is 12.2 Å². The van der Waals surface area contributed by atoms with Crippen LogP contribution in [0.4, 0.5) is 0 Å². The molecule has 0 aliphatic carbocycles. The van der Waals surface area contributed by atoms with Gasteiger partial charge in [-0.2, -0.15) is 0 Å². The molecule has 0 spiro atoms. The number of imidazole rings is 1. The zero-order valence-corrected chi connectivity index (χ0v) is 13.2. The maximum atomic E-state index is 12.2. The standard InChI is InChI=1S/C15H21N3OS/c1-9(2)8-16-14(19)11(4)18-12-7-5-6-10(3)13(12)17-15(18)20/h5-7,9,11H,8H2,1-4H3,(H,16,19)(H,17,20). The number of aromatic nitrogens is 2. The van der Waals surface area contributed by atoms with Crippen LogP contribution in [-0.4, -0.2) is 22.0 Å². The molecule has 0 saturated carbocycles. The minimum absolute atomic E-state index is 0.00259. The number of amides is 1. The second-order valence-electron chi connectivity index (χ2n) is 5.58. The first kappa shape index (κ1) is 14.8. The van der Waals surface area contributed by atoms with Gasteiger partial charge in [-0.25, -0.2) is 0 Å². The molecule has 0 fully saturated rings.